The third-order valence-electron chi connectivity index (χ3n) is 5.19. The normalized spacial score (nSPS) is 15.9. The van der Waals surface area contributed by atoms with Gasteiger partial charge in [-0.3, -0.25) is 14.6 Å². The highest BCUT2D eigenvalue weighted by atomic mass is 19.4. The Balaban J connectivity index is 1.41. The average molecular weight is 486 g/mol. The zero-order valence-corrected chi connectivity index (χ0v) is 18.0. The van der Waals surface area contributed by atoms with Crippen LogP contribution in [0.25, 0.3) is 11.4 Å². The fourth-order valence-corrected chi connectivity index (χ4v) is 3.43. The van der Waals surface area contributed by atoms with E-state index in [0.29, 0.717) is 6.61 Å². The topological polar surface area (TPSA) is 134 Å². The van der Waals surface area contributed by atoms with E-state index in [0.717, 1.165) is 6.20 Å². The monoisotopic (exact) mass is 486 g/mol. The first kappa shape index (κ1) is 23.8. The number of nitrogens with zero attached hydrogens (tertiary/aromatic N) is 5. The Bertz CT molecular complexity index is 1270. The summed E-state index contributed by atoms with van der Waals surface area (Å²) in [5.74, 6) is -2.70. The fraction of sp³-hybridized carbons (Fsp3) is 0.273. The van der Waals surface area contributed by atoms with Crippen LogP contribution in [0.4, 0.5) is 13.2 Å². The van der Waals surface area contributed by atoms with E-state index in [1.807, 2.05) is 6.07 Å². The number of carbonyl (C=O) groups excluding carboxylic acids is 2. The number of nitriles is 1. The van der Waals surface area contributed by atoms with Crippen LogP contribution in [-0.4, -0.2) is 64.2 Å². The second-order valence-electron chi connectivity index (χ2n) is 7.45. The highest BCUT2D eigenvalue weighted by Crippen LogP contribution is 2.29. The number of rotatable bonds is 5. The molecule has 0 spiro atoms. The van der Waals surface area contributed by atoms with Crippen LogP contribution < -0.4 is 5.32 Å². The lowest BCUT2D eigenvalue weighted by Gasteiger charge is -2.35. The first-order valence-corrected chi connectivity index (χ1v) is 10.3. The Morgan fingerprint density at radius 2 is 2.03 bits per heavy atom. The summed E-state index contributed by atoms with van der Waals surface area (Å²) in [4.78, 5) is 34.4. The van der Waals surface area contributed by atoms with Crippen molar-refractivity contribution in [2.45, 2.75) is 12.2 Å². The number of amides is 2. The molecule has 1 fully saturated rings. The lowest BCUT2D eigenvalue weighted by Crippen LogP contribution is -2.53. The molecule has 1 aliphatic rings. The SMILES string of the molecule is N#Cc1ccccc1C(=O)N1CCOC[C@@H]1CNC(=O)c1ccc(-c2noc(C(F)(F)F)n2)cn1. The molecule has 13 heteroatoms. The number of aromatic nitrogens is 3. The van der Waals surface area contributed by atoms with E-state index in [9.17, 15) is 28.0 Å². The number of halogens is 3. The summed E-state index contributed by atoms with van der Waals surface area (Å²) in [5, 5.41) is 15.2. The van der Waals surface area contributed by atoms with Crippen LogP contribution in [0.2, 0.25) is 0 Å². The Labute approximate surface area is 196 Å². The molecule has 1 saturated heterocycles. The maximum absolute atomic E-state index is 13.0. The fourth-order valence-electron chi connectivity index (χ4n) is 3.43. The van der Waals surface area contributed by atoms with Gasteiger partial charge in [-0.05, 0) is 24.3 Å². The summed E-state index contributed by atoms with van der Waals surface area (Å²) < 4.78 is 47.5. The van der Waals surface area contributed by atoms with Gasteiger partial charge in [0.25, 0.3) is 11.8 Å². The predicted molar refractivity (Wildman–Crippen MR) is 112 cm³/mol. The molecule has 0 radical (unpaired) electrons. The zero-order valence-electron chi connectivity index (χ0n) is 18.0. The third-order valence-corrected chi connectivity index (χ3v) is 5.19. The molecule has 35 heavy (non-hydrogen) atoms. The van der Waals surface area contributed by atoms with Gasteiger partial charge in [0.05, 0.1) is 36.5 Å². The molecule has 1 aromatic carbocycles. The molecule has 10 nitrogen and oxygen atoms in total. The summed E-state index contributed by atoms with van der Waals surface area (Å²) in [5.41, 5.74) is 0.646. The second-order valence-corrected chi connectivity index (χ2v) is 7.45. The van der Waals surface area contributed by atoms with Gasteiger partial charge in [-0.25, -0.2) is 0 Å². The minimum Gasteiger partial charge on any atom is -0.377 e. The van der Waals surface area contributed by atoms with Gasteiger partial charge in [0.15, 0.2) is 0 Å². The van der Waals surface area contributed by atoms with E-state index >= 15 is 0 Å². The first-order valence-electron chi connectivity index (χ1n) is 10.3. The predicted octanol–water partition coefficient (Wildman–Crippen LogP) is 2.29. The van der Waals surface area contributed by atoms with Crippen molar-refractivity contribution < 1.29 is 32.0 Å². The molecule has 0 saturated carbocycles. The van der Waals surface area contributed by atoms with Crippen LogP contribution in [0.5, 0.6) is 0 Å². The smallest absolute Gasteiger partial charge is 0.377 e. The largest absolute Gasteiger partial charge is 0.471 e. The molecular formula is C22H17F3N6O4. The summed E-state index contributed by atoms with van der Waals surface area (Å²) in [6.45, 7) is 0.853. The van der Waals surface area contributed by atoms with Crippen LogP contribution in [0.1, 0.15) is 32.3 Å². The number of carbonyl (C=O) groups is 2. The van der Waals surface area contributed by atoms with Gasteiger partial charge >= 0.3 is 12.1 Å². The van der Waals surface area contributed by atoms with Crippen LogP contribution in [0, 0.1) is 11.3 Å². The molecule has 0 aliphatic carbocycles. The molecule has 0 bridgehead atoms. The van der Waals surface area contributed by atoms with Gasteiger partial charge in [0.2, 0.25) is 5.82 Å². The van der Waals surface area contributed by atoms with Gasteiger partial charge in [0.1, 0.15) is 5.69 Å². The van der Waals surface area contributed by atoms with E-state index < -0.39 is 24.0 Å². The average Bonchev–Trinajstić information content (AvgIpc) is 3.38. The summed E-state index contributed by atoms with van der Waals surface area (Å²) in [7, 11) is 0. The van der Waals surface area contributed by atoms with Crippen molar-refractivity contribution in [3.05, 3.63) is 65.3 Å². The quantitative estimate of drug-likeness (QED) is 0.581. The highest BCUT2D eigenvalue weighted by molar-refractivity contribution is 5.97. The van der Waals surface area contributed by atoms with Gasteiger partial charge in [-0.2, -0.15) is 23.4 Å². The molecule has 2 aromatic heterocycles. The van der Waals surface area contributed by atoms with E-state index in [1.165, 1.54) is 12.1 Å². The number of ether oxygens (including phenoxy) is 1. The van der Waals surface area contributed by atoms with Gasteiger partial charge in [-0.1, -0.05) is 17.3 Å². The standard InChI is InChI=1S/C22H17F3N6O4/c23-22(24,25)21-29-18(30-35-21)14-5-6-17(27-10-14)19(32)28-11-15-12-34-8-7-31(15)20(33)16-4-2-1-3-13(16)9-26/h1-6,10,15H,7-8,11-12H2,(H,28,32)/t15-/m0/s1. The van der Waals surface area contributed by atoms with Crippen LogP contribution in [0.3, 0.4) is 0 Å². The summed E-state index contributed by atoms with van der Waals surface area (Å²) in [6.07, 6.45) is -3.62. The molecule has 3 heterocycles. The lowest BCUT2D eigenvalue weighted by atomic mass is 10.1. The molecular weight excluding hydrogens is 469 g/mol. The van der Waals surface area contributed by atoms with Gasteiger partial charge < -0.3 is 19.5 Å². The number of benzene rings is 1. The number of morpholine rings is 1. The zero-order chi connectivity index (χ0) is 25.0. The van der Waals surface area contributed by atoms with Gasteiger partial charge in [0, 0.05) is 24.8 Å². The molecule has 180 valence electrons. The Morgan fingerprint density at radius 1 is 1.23 bits per heavy atom. The van der Waals surface area contributed by atoms with E-state index in [-0.39, 0.29) is 53.8 Å². The molecule has 1 N–H and O–H groups in total. The third kappa shape index (κ3) is 5.28. The van der Waals surface area contributed by atoms with Crippen molar-refractivity contribution in [1.29, 1.82) is 5.26 Å². The maximum atomic E-state index is 13.0. The molecule has 1 atom stereocenters. The summed E-state index contributed by atoms with van der Waals surface area (Å²) in [6, 6.07) is 10.6. The van der Waals surface area contributed by atoms with E-state index in [4.69, 9.17) is 4.74 Å². The second kappa shape index (κ2) is 9.90. The van der Waals surface area contributed by atoms with Crippen molar-refractivity contribution in [3.63, 3.8) is 0 Å². The molecule has 0 unspecified atom stereocenters. The van der Waals surface area contributed by atoms with Crippen LogP contribution in [0.15, 0.2) is 47.1 Å². The molecule has 3 aromatic rings. The van der Waals surface area contributed by atoms with Crippen molar-refractivity contribution in [2.24, 2.45) is 0 Å². The minimum absolute atomic E-state index is 0.00211. The number of hydrogen-bond acceptors (Lipinski definition) is 8. The maximum Gasteiger partial charge on any atom is 0.471 e. The van der Waals surface area contributed by atoms with Gasteiger partial charge in [-0.15, -0.1) is 0 Å². The van der Waals surface area contributed by atoms with Crippen molar-refractivity contribution >= 4 is 11.8 Å². The number of nitrogens with one attached hydrogen (secondary N) is 1. The van der Waals surface area contributed by atoms with Crippen molar-refractivity contribution in [3.8, 4) is 17.5 Å². The number of hydrogen-bond donors (Lipinski definition) is 1. The molecule has 1 aliphatic heterocycles. The highest BCUT2D eigenvalue weighted by Gasteiger charge is 2.38. The van der Waals surface area contributed by atoms with Crippen molar-refractivity contribution in [1.82, 2.24) is 25.3 Å². The Morgan fingerprint density at radius 3 is 2.71 bits per heavy atom. The van der Waals surface area contributed by atoms with Crippen LogP contribution >= 0.6 is 0 Å². The Hall–Kier alpha value is -4.31. The first-order chi connectivity index (χ1) is 16.8. The molecule has 4 rings (SSSR count). The lowest BCUT2D eigenvalue weighted by molar-refractivity contribution is -0.159. The van der Waals surface area contributed by atoms with Crippen molar-refractivity contribution in [2.75, 3.05) is 26.3 Å². The number of pyridine rings is 1. The summed E-state index contributed by atoms with van der Waals surface area (Å²) >= 11 is 0. The minimum atomic E-state index is -4.77. The van der Waals surface area contributed by atoms with E-state index in [2.05, 4.69) is 25.0 Å². The number of alkyl halides is 3. The van der Waals surface area contributed by atoms with E-state index in [1.54, 1.807) is 29.2 Å². The Kier molecular flexibility index (Phi) is 6.74. The molecule has 2 amide bonds. The van der Waals surface area contributed by atoms with Crippen LogP contribution in [-0.2, 0) is 10.9 Å².